The topological polar surface area (TPSA) is 34.1 Å². The highest BCUT2D eigenvalue weighted by molar-refractivity contribution is 6.30. The Morgan fingerprint density at radius 1 is 0.724 bits per heavy atom. The lowest BCUT2D eigenvalue weighted by Crippen LogP contribution is -2.13. The number of benzene rings is 3. The summed E-state index contributed by atoms with van der Waals surface area (Å²) in [4.78, 5) is 25.3. The molecule has 0 saturated heterocycles. The van der Waals surface area contributed by atoms with E-state index in [1.165, 1.54) is 0 Å². The van der Waals surface area contributed by atoms with E-state index in [1.807, 2.05) is 78.9 Å². The molecule has 0 unspecified atom stereocenters. The van der Waals surface area contributed by atoms with Crippen LogP contribution >= 0.6 is 11.6 Å². The Morgan fingerprint density at radius 2 is 1.34 bits per heavy atom. The zero-order valence-corrected chi connectivity index (χ0v) is 16.3. The summed E-state index contributed by atoms with van der Waals surface area (Å²) < 4.78 is 0. The highest BCUT2D eigenvalue weighted by atomic mass is 35.5. The van der Waals surface area contributed by atoms with Crippen molar-refractivity contribution in [3.8, 4) is 0 Å². The van der Waals surface area contributed by atoms with Crippen molar-refractivity contribution in [1.82, 2.24) is 0 Å². The van der Waals surface area contributed by atoms with Gasteiger partial charge in [-0.25, -0.2) is 0 Å². The van der Waals surface area contributed by atoms with Crippen LogP contribution in [0.1, 0.15) is 38.9 Å². The summed E-state index contributed by atoms with van der Waals surface area (Å²) in [6.07, 6.45) is 2.67. The van der Waals surface area contributed by atoms with Crippen molar-refractivity contribution in [1.29, 1.82) is 0 Å². The van der Waals surface area contributed by atoms with Crippen molar-refractivity contribution in [2.45, 2.75) is 11.8 Å². The Morgan fingerprint density at radius 3 is 2.03 bits per heavy atom. The smallest absolute Gasteiger partial charge is 0.186 e. The van der Waals surface area contributed by atoms with E-state index in [4.69, 9.17) is 11.6 Å². The van der Waals surface area contributed by atoms with Crippen LogP contribution < -0.4 is 0 Å². The molecule has 0 radical (unpaired) electrons. The maximum absolute atomic E-state index is 12.9. The number of hydrogen-bond donors (Lipinski definition) is 0. The minimum Gasteiger partial charge on any atom is -0.298 e. The summed E-state index contributed by atoms with van der Waals surface area (Å²) in [5.74, 6) is -0.297. The van der Waals surface area contributed by atoms with Crippen LogP contribution in [0.25, 0.3) is 5.57 Å². The predicted octanol–water partition coefficient (Wildman–Crippen LogP) is 6.00. The molecule has 0 amide bonds. The molecule has 0 fully saturated rings. The summed E-state index contributed by atoms with van der Waals surface area (Å²) in [6, 6.07) is 25.2. The van der Waals surface area contributed by atoms with E-state index in [9.17, 15) is 9.59 Å². The van der Waals surface area contributed by atoms with Gasteiger partial charge in [-0.1, -0.05) is 78.3 Å². The zero-order chi connectivity index (χ0) is 20.0. The molecule has 0 spiro atoms. The number of ketones is 1. The third-order valence-corrected chi connectivity index (χ3v) is 6.10. The summed E-state index contributed by atoms with van der Waals surface area (Å²) in [5.41, 5.74) is 6.11. The number of carbonyl (C=O) groups excluding carboxylic acids is 2. The molecular weight excluding hydrogens is 380 g/mol. The van der Waals surface area contributed by atoms with Gasteiger partial charge in [0.2, 0.25) is 0 Å². The fourth-order valence-corrected chi connectivity index (χ4v) is 4.78. The monoisotopic (exact) mass is 396 g/mol. The molecule has 2 aliphatic rings. The molecule has 2 nitrogen and oxygen atoms in total. The van der Waals surface area contributed by atoms with Crippen LogP contribution in [0.4, 0.5) is 0 Å². The van der Waals surface area contributed by atoms with Crippen LogP contribution in [-0.2, 0) is 4.79 Å². The van der Waals surface area contributed by atoms with Crippen LogP contribution in [0.2, 0.25) is 5.02 Å². The molecule has 0 saturated carbocycles. The van der Waals surface area contributed by atoms with Gasteiger partial charge in [-0.05, 0) is 46.0 Å². The first-order valence-electron chi connectivity index (χ1n) is 9.54. The third-order valence-electron chi connectivity index (χ3n) is 5.84. The van der Waals surface area contributed by atoms with Gasteiger partial charge in [0.25, 0.3) is 0 Å². The molecule has 0 bridgehead atoms. The van der Waals surface area contributed by atoms with E-state index in [0.717, 1.165) is 39.7 Å². The second-order valence-corrected chi connectivity index (χ2v) is 7.81. The first-order valence-corrected chi connectivity index (χ1v) is 9.92. The number of allylic oxidation sites excluding steroid dienone is 4. The molecule has 2 atom stereocenters. The van der Waals surface area contributed by atoms with E-state index in [1.54, 1.807) is 6.08 Å². The standard InChI is InChI=1S/C26H17ClO2/c27-18-12-10-17(11-13-18)24-21-14-23(29)19-8-4-5-9-20(19)26(21)22(15-28)25(24)16-6-2-1-3-7-16/h1-15,24-25H/t24-,25-/m1/s1. The van der Waals surface area contributed by atoms with Gasteiger partial charge in [-0.2, -0.15) is 0 Å². The molecule has 3 heteroatoms. The summed E-state index contributed by atoms with van der Waals surface area (Å²) in [7, 11) is 0. The quantitative estimate of drug-likeness (QED) is 0.509. The number of rotatable bonds is 3. The number of aldehydes is 1. The molecule has 3 aromatic carbocycles. The largest absolute Gasteiger partial charge is 0.298 e. The molecular formula is C26H17ClO2. The highest BCUT2D eigenvalue weighted by Gasteiger charge is 2.43. The lowest BCUT2D eigenvalue weighted by molar-refractivity contribution is -0.105. The SMILES string of the molecule is O=CC1=C2C(=CC(=O)c3ccccc32)[C@@H](c2ccc(Cl)cc2)[C@@H]1c1ccccc1. The van der Waals surface area contributed by atoms with E-state index in [0.29, 0.717) is 10.6 Å². The van der Waals surface area contributed by atoms with Crippen LogP contribution in [-0.4, -0.2) is 12.1 Å². The first kappa shape index (κ1) is 17.8. The second kappa shape index (κ2) is 6.98. The summed E-state index contributed by atoms with van der Waals surface area (Å²) >= 11 is 6.12. The van der Waals surface area contributed by atoms with Gasteiger partial charge in [0.1, 0.15) is 6.29 Å². The van der Waals surface area contributed by atoms with Gasteiger partial charge < -0.3 is 0 Å². The third kappa shape index (κ3) is 2.80. The van der Waals surface area contributed by atoms with Gasteiger partial charge in [0.15, 0.2) is 5.78 Å². The molecule has 2 aliphatic carbocycles. The van der Waals surface area contributed by atoms with E-state index in [2.05, 4.69) is 0 Å². The lowest BCUT2D eigenvalue weighted by Gasteiger charge is -2.25. The Labute approximate surface area is 174 Å². The van der Waals surface area contributed by atoms with Crippen molar-refractivity contribution in [3.05, 3.63) is 123 Å². The van der Waals surface area contributed by atoms with Crippen molar-refractivity contribution in [2.24, 2.45) is 0 Å². The molecule has 29 heavy (non-hydrogen) atoms. The summed E-state index contributed by atoms with van der Waals surface area (Å²) in [6.45, 7) is 0. The fraction of sp³-hybridized carbons (Fsp3) is 0.0769. The Bertz CT molecular complexity index is 1190. The van der Waals surface area contributed by atoms with Gasteiger partial charge in [0, 0.05) is 28.0 Å². The average molecular weight is 397 g/mol. The number of fused-ring (bicyclic) bond motifs is 3. The molecule has 140 valence electrons. The van der Waals surface area contributed by atoms with Crippen LogP contribution in [0.5, 0.6) is 0 Å². The van der Waals surface area contributed by atoms with Crippen molar-refractivity contribution in [2.75, 3.05) is 0 Å². The van der Waals surface area contributed by atoms with E-state index >= 15 is 0 Å². The maximum atomic E-state index is 12.9. The van der Waals surface area contributed by atoms with E-state index in [-0.39, 0.29) is 17.6 Å². The van der Waals surface area contributed by atoms with Crippen molar-refractivity contribution < 1.29 is 9.59 Å². The Balaban J connectivity index is 1.81. The average Bonchev–Trinajstić information content (AvgIpc) is 3.09. The predicted molar refractivity (Wildman–Crippen MR) is 115 cm³/mol. The second-order valence-electron chi connectivity index (χ2n) is 7.38. The minimum absolute atomic E-state index is 0.0164. The molecule has 3 aromatic rings. The molecule has 0 heterocycles. The molecule has 0 N–H and O–H groups in total. The number of hydrogen-bond acceptors (Lipinski definition) is 2. The maximum Gasteiger partial charge on any atom is 0.186 e. The minimum atomic E-state index is -0.157. The van der Waals surface area contributed by atoms with Gasteiger partial charge in [-0.3, -0.25) is 9.59 Å². The lowest BCUT2D eigenvalue weighted by atomic mass is 9.77. The normalized spacial score (nSPS) is 20.2. The Hall–Kier alpha value is -3.23. The van der Waals surface area contributed by atoms with Crippen molar-refractivity contribution in [3.63, 3.8) is 0 Å². The fourth-order valence-electron chi connectivity index (χ4n) is 4.65. The zero-order valence-electron chi connectivity index (χ0n) is 15.5. The van der Waals surface area contributed by atoms with Crippen LogP contribution in [0.3, 0.4) is 0 Å². The van der Waals surface area contributed by atoms with Gasteiger partial charge in [0.05, 0.1) is 0 Å². The molecule has 0 aliphatic heterocycles. The Kier molecular flexibility index (Phi) is 4.30. The number of halogens is 1. The molecule has 5 rings (SSSR count). The highest BCUT2D eigenvalue weighted by Crippen LogP contribution is 2.56. The van der Waals surface area contributed by atoms with Crippen LogP contribution in [0.15, 0.2) is 96.1 Å². The van der Waals surface area contributed by atoms with E-state index < -0.39 is 0 Å². The summed E-state index contributed by atoms with van der Waals surface area (Å²) in [5, 5.41) is 0.658. The number of carbonyl (C=O) groups is 2. The van der Waals surface area contributed by atoms with Gasteiger partial charge >= 0.3 is 0 Å². The van der Waals surface area contributed by atoms with Crippen LogP contribution in [0, 0.1) is 0 Å². The first-order chi connectivity index (χ1) is 14.2. The molecule has 0 aromatic heterocycles. The van der Waals surface area contributed by atoms with Crippen molar-refractivity contribution >= 4 is 29.2 Å². The van der Waals surface area contributed by atoms with Gasteiger partial charge in [-0.15, -0.1) is 0 Å².